The molecule has 0 saturated carbocycles. The highest BCUT2D eigenvalue weighted by molar-refractivity contribution is 7.88. The number of amides is 1. The number of benzene rings is 2. The summed E-state index contributed by atoms with van der Waals surface area (Å²) in [6.45, 7) is 3.52. The molecule has 0 unspecified atom stereocenters. The third-order valence-electron chi connectivity index (χ3n) is 8.62. The van der Waals surface area contributed by atoms with Crippen LogP contribution in [0.5, 0.6) is 5.75 Å². The van der Waals surface area contributed by atoms with E-state index in [4.69, 9.17) is 21.4 Å². The van der Waals surface area contributed by atoms with E-state index in [9.17, 15) is 26.4 Å². The Hall–Kier alpha value is -3.13. The molecule has 0 aliphatic carbocycles. The average Bonchev–Trinajstić information content (AvgIpc) is 3.34. The van der Waals surface area contributed by atoms with E-state index in [1.807, 2.05) is 9.58 Å². The molecule has 14 heteroatoms. The maximum atomic E-state index is 13.2. The first-order valence-corrected chi connectivity index (χ1v) is 16.8. The van der Waals surface area contributed by atoms with Crippen molar-refractivity contribution >= 4 is 33.2 Å². The molecule has 2 aromatic carbocycles. The quantitative estimate of drug-likeness (QED) is 0.364. The van der Waals surface area contributed by atoms with Gasteiger partial charge in [-0.25, -0.2) is 8.42 Å². The van der Waals surface area contributed by atoms with Crippen molar-refractivity contribution in [2.75, 3.05) is 43.9 Å². The number of nitrogens with zero attached hydrogens (tertiary/aromatic N) is 5. The molecule has 9 nitrogen and oxygen atoms in total. The summed E-state index contributed by atoms with van der Waals surface area (Å²) in [4.78, 5) is 17.0. The molecular formula is C30H33ClF3N5O4S. The predicted molar refractivity (Wildman–Crippen MR) is 160 cm³/mol. The maximum Gasteiger partial charge on any atom is 0.416 e. The molecule has 1 fully saturated rings. The molecule has 6 rings (SSSR count). The fourth-order valence-electron chi connectivity index (χ4n) is 6.37. The lowest BCUT2D eigenvalue weighted by Crippen LogP contribution is -2.50. The molecule has 4 heterocycles. The zero-order valence-corrected chi connectivity index (χ0v) is 25.8. The Balaban J connectivity index is 1.12. The van der Waals surface area contributed by atoms with Gasteiger partial charge in [-0.15, -0.1) is 0 Å². The van der Waals surface area contributed by atoms with Crippen molar-refractivity contribution in [1.29, 1.82) is 0 Å². The summed E-state index contributed by atoms with van der Waals surface area (Å²) in [5.41, 5.74) is 2.65. The second kappa shape index (κ2) is 12.0. The number of carbonyl (C=O) groups excluding carboxylic acids is 1. The Labute approximate surface area is 259 Å². The number of carbonyl (C=O) groups is 1. The highest BCUT2D eigenvalue weighted by atomic mass is 35.5. The van der Waals surface area contributed by atoms with Crippen molar-refractivity contribution in [3.05, 3.63) is 64.3 Å². The maximum absolute atomic E-state index is 13.2. The minimum Gasteiger partial charge on any atom is -0.482 e. The van der Waals surface area contributed by atoms with E-state index in [-0.39, 0.29) is 25.1 Å². The number of hydrogen-bond donors (Lipinski definition) is 0. The van der Waals surface area contributed by atoms with Crippen LogP contribution in [0.4, 0.5) is 18.9 Å². The van der Waals surface area contributed by atoms with Crippen LogP contribution in [0.1, 0.15) is 36.1 Å². The van der Waals surface area contributed by atoms with Crippen LogP contribution in [0, 0.1) is 0 Å². The number of ether oxygens (including phenoxy) is 1. The van der Waals surface area contributed by atoms with Gasteiger partial charge in [0.05, 0.1) is 23.2 Å². The molecule has 3 aromatic rings. The predicted octanol–water partition coefficient (Wildman–Crippen LogP) is 4.82. The number of fused-ring (bicyclic) bond motifs is 2. The Bertz CT molecular complexity index is 1650. The molecule has 3 aliphatic heterocycles. The second-order valence-corrected chi connectivity index (χ2v) is 13.9. The number of hydrogen-bond acceptors (Lipinski definition) is 6. The van der Waals surface area contributed by atoms with Gasteiger partial charge in [0.1, 0.15) is 5.75 Å². The summed E-state index contributed by atoms with van der Waals surface area (Å²) in [6.07, 6.45) is -0.403. The van der Waals surface area contributed by atoms with Crippen LogP contribution in [-0.4, -0.2) is 78.4 Å². The van der Waals surface area contributed by atoms with Gasteiger partial charge >= 0.3 is 6.18 Å². The molecule has 0 atom stereocenters. The number of halogens is 4. The second-order valence-electron chi connectivity index (χ2n) is 11.5. The molecule has 0 spiro atoms. The Morgan fingerprint density at radius 2 is 1.77 bits per heavy atom. The first-order chi connectivity index (χ1) is 20.9. The molecule has 44 heavy (non-hydrogen) atoms. The van der Waals surface area contributed by atoms with Gasteiger partial charge in [0.15, 0.2) is 6.61 Å². The molecule has 0 radical (unpaired) electrons. The average molecular weight is 652 g/mol. The summed E-state index contributed by atoms with van der Waals surface area (Å²) in [6, 6.07) is 10.2. The molecule has 1 aromatic heterocycles. The van der Waals surface area contributed by atoms with E-state index in [1.54, 1.807) is 18.2 Å². The van der Waals surface area contributed by atoms with Gasteiger partial charge in [0.2, 0.25) is 10.0 Å². The zero-order valence-electron chi connectivity index (χ0n) is 24.2. The van der Waals surface area contributed by atoms with Gasteiger partial charge in [-0.3, -0.25) is 9.48 Å². The van der Waals surface area contributed by atoms with Crippen molar-refractivity contribution in [2.24, 2.45) is 0 Å². The van der Waals surface area contributed by atoms with Crippen molar-refractivity contribution in [1.82, 2.24) is 19.0 Å². The normalized spacial score (nSPS) is 18.7. The van der Waals surface area contributed by atoms with E-state index in [2.05, 4.69) is 4.90 Å². The van der Waals surface area contributed by atoms with E-state index in [0.717, 1.165) is 68.5 Å². The van der Waals surface area contributed by atoms with Crippen molar-refractivity contribution in [3.8, 4) is 17.0 Å². The SMILES string of the molecule is CS(=O)(=O)N1CCc2c(c(-c3ccc(C(F)(F)F)cc3)nn2CCCN2CCC(N3C(=O)COc4ccc(Cl)cc43)CC2)C1. The number of aryl methyl sites for hydroxylation is 1. The van der Waals surface area contributed by atoms with Gasteiger partial charge < -0.3 is 14.5 Å². The summed E-state index contributed by atoms with van der Waals surface area (Å²) in [7, 11) is -3.45. The fraction of sp³-hybridized carbons (Fsp3) is 0.467. The van der Waals surface area contributed by atoms with Crippen molar-refractivity contribution in [3.63, 3.8) is 0 Å². The summed E-state index contributed by atoms with van der Waals surface area (Å²) in [5.74, 6) is 0.592. The number of alkyl halides is 3. The molecule has 3 aliphatic rings. The largest absolute Gasteiger partial charge is 0.482 e. The third kappa shape index (κ3) is 6.33. The highest BCUT2D eigenvalue weighted by Crippen LogP contribution is 2.38. The highest BCUT2D eigenvalue weighted by Gasteiger charge is 2.35. The number of sulfonamides is 1. The van der Waals surface area contributed by atoms with Gasteiger partial charge in [-0.1, -0.05) is 23.7 Å². The van der Waals surface area contributed by atoms with Crippen LogP contribution >= 0.6 is 11.6 Å². The Morgan fingerprint density at radius 3 is 2.45 bits per heavy atom. The van der Waals surface area contributed by atoms with Gasteiger partial charge in [-0.05, 0) is 56.1 Å². The molecule has 1 saturated heterocycles. The zero-order chi connectivity index (χ0) is 31.2. The number of piperidine rings is 1. The number of anilines is 1. The lowest BCUT2D eigenvalue weighted by Gasteiger charge is -2.40. The van der Waals surface area contributed by atoms with Crippen molar-refractivity contribution < 1.29 is 31.1 Å². The molecule has 1 amide bonds. The number of rotatable bonds is 7. The van der Waals surface area contributed by atoms with Crippen LogP contribution in [0.3, 0.4) is 0 Å². The van der Waals surface area contributed by atoms with Crippen LogP contribution in [0.25, 0.3) is 11.3 Å². The topological polar surface area (TPSA) is 88.0 Å². The summed E-state index contributed by atoms with van der Waals surface area (Å²) >= 11 is 6.21. The molecule has 0 N–H and O–H groups in total. The van der Waals surface area contributed by atoms with Gasteiger partial charge in [0.25, 0.3) is 5.91 Å². The minimum absolute atomic E-state index is 0.0133. The van der Waals surface area contributed by atoms with Crippen molar-refractivity contribution in [2.45, 2.75) is 51.0 Å². The summed E-state index contributed by atoms with van der Waals surface area (Å²) in [5, 5.41) is 5.34. The van der Waals surface area contributed by atoms with E-state index in [0.29, 0.717) is 47.2 Å². The third-order valence-corrected chi connectivity index (χ3v) is 10.1. The van der Waals surface area contributed by atoms with E-state index < -0.39 is 21.8 Å². The van der Waals surface area contributed by atoms with E-state index in [1.165, 1.54) is 16.4 Å². The number of aromatic nitrogens is 2. The molecule has 0 bridgehead atoms. The van der Waals surface area contributed by atoms with Crippen LogP contribution in [0.2, 0.25) is 5.02 Å². The minimum atomic E-state index is -4.45. The lowest BCUT2D eigenvalue weighted by atomic mass is 10.0. The fourth-order valence-corrected chi connectivity index (χ4v) is 7.33. The summed E-state index contributed by atoms with van der Waals surface area (Å²) < 4.78 is 72.9. The van der Waals surface area contributed by atoms with E-state index >= 15 is 0 Å². The number of likely N-dealkylation sites (tertiary alicyclic amines) is 1. The first kappa shape index (κ1) is 30.9. The monoisotopic (exact) mass is 651 g/mol. The van der Waals surface area contributed by atoms with Gasteiger partial charge in [-0.2, -0.15) is 22.6 Å². The Morgan fingerprint density at radius 1 is 1.05 bits per heavy atom. The molecule has 236 valence electrons. The van der Waals surface area contributed by atoms with Crippen LogP contribution in [-0.2, 0) is 40.5 Å². The first-order valence-electron chi connectivity index (χ1n) is 14.6. The standard InChI is InChI=1S/C30H33ClF3N5O4S/c1-44(41,42)37-16-11-25-24(18-37)29(20-3-5-21(6-4-20)30(32,33)34)35-38(25)13-2-12-36-14-9-23(10-15-36)39-26-17-22(31)7-8-27(26)43-19-28(39)40/h3-8,17,23H,2,9-16,18-19H2,1H3. The Kier molecular flexibility index (Phi) is 8.42. The van der Waals surface area contributed by atoms with Gasteiger partial charge in [0, 0.05) is 67.0 Å². The molecular weight excluding hydrogens is 619 g/mol. The smallest absolute Gasteiger partial charge is 0.416 e. The van der Waals surface area contributed by atoms with Crippen LogP contribution < -0.4 is 9.64 Å². The lowest BCUT2D eigenvalue weighted by molar-refractivity contribution is -0.137. The van der Waals surface area contributed by atoms with Crippen LogP contribution in [0.15, 0.2) is 42.5 Å².